The van der Waals surface area contributed by atoms with Crippen LogP contribution in [0.1, 0.15) is 30.0 Å². The highest BCUT2D eigenvalue weighted by Crippen LogP contribution is 2.42. The molecule has 1 saturated heterocycles. The number of hydrogen-bond donors (Lipinski definition) is 2. The first kappa shape index (κ1) is 27.5. The fourth-order valence-corrected chi connectivity index (χ4v) is 5.17. The van der Waals surface area contributed by atoms with E-state index in [-0.39, 0.29) is 19.1 Å². The number of allylic oxidation sites excluding steroid dienone is 1. The molecule has 3 atom stereocenters. The zero-order valence-corrected chi connectivity index (χ0v) is 22.9. The average Bonchev–Trinajstić information content (AvgIpc) is 3.36. The van der Waals surface area contributed by atoms with Gasteiger partial charge in [-0.1, -0.05) is 61.2 Å². The van der Waals surface area contributed by atoms with Gasteiger partial charge in [0.15, 0.2) is 0 Å². The summed E-state index contributed by atoms with van der Waals surface area (Å²) >= 11 is 0. The fourth-order valence-electron chi connectivity index (χ4n) is 5.17. The van der Waals surface area contributed by atoms with Crippen molar-refractivity contribution in [1.82, 2.24) is 10.2 Å². The van der Waals surface area contributed by atoms with Gasteiger partial charge >= 0.3 is 6.03 Å². The molecule has 3 aromatic rings. The zero-order chi connectivity index (χ0) is 28.3. The molecule has 2 heterocycles. The first-order chi connectivity index (χ1) is 19.3. The molecule has 0 aromatic heterocycles. The molecule has 0 unspecified atom stereocenters. The smallest absolute Gasteiger partial charge is 0.327 e. The van der Waals surface area contributed by atoms with Gasteiger partial charge < -0.3 is 29.4 Å². The summed E-state index contributed by atoms with van der Waals surface area (Å²) in [4.78, 5) is 14.1. The van der Waals surface area contributed by atoms with Gasteiger partial charge in [0.1, 0.15) is 29.4 Å². The van der Waals surface area contributed by atoms with Crippen LogP contribution in [0.3, 0.4) is 0 Å². The van der Waals surface area contributed by atoms with E-state index in [1.54, 1.807) is 20.4 Å². The molecule has 2 N–H and O–H groups in total. The van der Waals surface area contributed by atoms with E-state index in [0.717, 1.165) is 33.8 Å². The largest absolute Gasteiger partial charge is 0.497 e. The van der Waals surface area contributed by atoms with Gasteiger partial charge in [0.25, 0.3) is 0 Å². The molecule has 0 aliphatic carbocycles. The Morgan fingerprint density at radius 1 is 0.950 bits per heavy atom. The highest BCUT2D eigenvalue weighted by Gasteiger charge is 2.43. The highest BCUT2D eigenvalue weighted by molar-refractivity contribution is 5.80. The SMILES string of the molecule is C=C1NC(=O)N([C@H]2C[C@H](O)[C@@H](COC(c3ccccc3)(c3ccc(OC)cc3)c3ccc(OC)cc3)O2)C=C1C. The van der Waals surface area contributed by atoms with Gasteiger partial charge in [-0.05, 0) is 53.5 Å². The number of aliphatic hydroxyl groups is 1. The second-order valence-electron chi connectivity index (χ2n) is 9.88. The molecule has 2 aliphatic rings. The van der Waals surface area contributed by atoms with Crippen LogP contribution in [-0.4, -0.2) is 55.3 Å². The molecule has 8 nitrogen and oxygen atoms in total. The number of ether oxygens (including phenoxy) is 4. The lowest BCUT2D eigenvalue weighted by molar-refractivity contribution is -0.0974. The average molecular weight is 543 g/mol. The summed E-state index contributed by atoms with van der Waals surface area (Å²) in [5, 5.41) is 13.7. The van der Waals surface area contributed by atoms with Crippen LogP contribution >= 0.6 is 0 Å². The van der Waals surface area contributed by atoms with Gasteiger partial charge in [-0.2, -0.15) is 0 Å². The Hall–Kier alpha value is -4.11. The number of urea groups is 1. The Labute approximate surface area is 234 Å². The second-order valence-corrected chi connectivity index (χ2v) is 9.88. The van der Waals surface area contributed by atoms with Crippen LogP contribution in [0.2, 0.25) is 0 Å². The minimum atomic E-state index is -1.04. The normalized spacial score (nSPS) is 21.1. The summed E-state index contributed by atoms with van der Waals surface area (Å²) in [7, 11) is 3.26. The summed E-state index contributed by atoms with van der Waals surface area (Å²) < 4.78 is 23.9. The van der Waals surface area contributed by atoms with Crippen molar-refractivity contribution in [3.63, 3.8) is 0 Å². The number of nitrogens with zero attached hydrogens (tertiary/aromatic N) is 1. The zero-order valence-electron chi connectivity index (χ0n) is 22.9. The Bertz CT molecular complexity index is 1320. The molecule has 0 spiro atoms. The maximum atomic E-state index is 12.6. The first-order valence-corrected chi connectivity index (χ1v) is 13.1. The molecule has 5 rings (SSSR count). The lowest BCUT2D eigenvalue weighted by Gasteiger charge is -2.37. The minimum Gasteiger partial charge on any atom is -0.497 e. The van der Waals surface area contributed by atoms with E-state index >= 15 is 0 Å². The van der Waals surface area contributed by atoms with E-state index in [1.165, 1.54) is 4.90 Å². The molecular weight excluding hydrogens is 508 g/mol. The van der Waals surface area contributed by atoms with Crippen LogP contribution in [-0.2, 0) is 15.1 Å². The van der Waals surface area contributed by atoms with Gasteiger partial charge in [-0.3, -0.25) is 4.90 Å². The molecule has 2 amide bonds. The van der Waals surface area contributed by atoms with Gasteiger partial charge in [0.2, 0.25) is 0 Å². The lowest BCUT2D eigenvalue weighted by atomic mass is 9.80. The van der Waals surface area contributed by atoms with Crippen molar-refractivity contribution in [2.24, 2.45) is 0 Å². The molecule has 1 fully saturated rings. The van der Waals surface area contributed by atoms with E-state index in [1.807, 2.05) is 85.8 Å². The molecule has 0 bridgehead atoms. The molecule has 2 aliphatic heterocycles. The number of amides is 2. The molecule has 0 radical (unpaired) electrons. The van der Waals surface area contributed by atoms with E-state index < -0.39 is 24.0 Å². The number of hydrogen-bond acceptors (Lipinski definition) is 6. The quantitative estimate of drug-likeness (QED) is 0.373. The second kappa shape index (κ2) is 11.6. The fraction of sp³-hybridized carbons (Fsp3) is 0.281. The van der Waals surface area contributed by atoms with Crippen molar-refractivity contribution in [2.75, 3.05) is 20.8 Å². The van der Waals surface area contributed by atoms with Crippen molar-refractivity contribution < 1.29 is 28.8 Å². The van der Waals surface area contributed by atoms with E-state index in [2.05, 4.69) is 11.9 Å². The number of nitrogens with one attached hydrogen (secondary N) is 1. The van der Waals surface area contributed by atoms with Crippen LogP contribution in [0.4, 0.5) is 4.79 Å². The number of aliphatic hydroxyl groups excluding tert-OH is 1. The van der Waals surface area contributed by atoms with Gasteiger partial charge in [0.05, 0.1) is 26.9 Å². The lowest BCUT2D eigenvalue weighted by Crippen LogP contribution is -2.46. The van der Waals surface area contributed by atoms with Crippen LogP contribution in [0.25, 0.3) is 0 Å². The predicted octanol–water partition coefficient (Wildman–Crippen LogP) is 4.93. The molecule has 208 valence electrons. The van der Waals surface area contributed by atoms with E-state index in [0.29, 0.717) is 5.70 Å². The number of carbonyl (C=O) groups excluding carboxylic acids is 1. The number of rotatable bonds is 9. The monoisotopic (exact) mass is 542 g/mol. The predicted molar refractivity (Wildman–Crippen MR) is 151 cm³/mol. The summed E-state index contributed by atoms with van der Waals surface area (Å²) in [5.74, 6) is 1.45. The van der Waals surface area contributed by atoms with Crippen LogP contribution in [0, 0.1) is 0 Å². The van der Waals surface area contributed by atoms with Crippen molar-refractivity contribution in [3.05, 3.63) is 120 Å². The van der Waals surface area contributed by atoms with E-state index in [4.69, 9.17) is 18.9 Å². The van der Waals surface area contributed by atoms with Gasteiger partial charge in [-0.15, -0.1) is 0 Å². The molecule has 8 heteroatoms. The maximum Gasteiger partial charge on any atom is 0.327 e. The van der Waals surface area contributed by atoms with Crippen LogP contribution < -0.4 is 14.8 Å². The van der Waals surface area contributed by atoms with Crippen molar-refractivity contribution in [1.29, 1.82) is 0 Å². The third-order valence-electron chi connectivity index (χ3n) is 7.45. The third-order valence-corrected chi connectivity index (χ3v) is 7.45. The van der Waals surface area contributed by atoms with E-state index in [9.17, 15) is 9.90 Å². The molecule has 3 aromatic carbocycles. The van der Waals surface area contributed by atoms with Crippen LogP contribution in [0.5, 0.6) is 11.5 Å². The third kappa shape index (κ3) is 5.21. The maximum absolute atomic E-state index is 12.6. The Balaban J connectivity index is 1.51. The minimum absolute atomic E-state index is 0.0650. The Morgan fingerprint density at radius 3 is 2.05 bits per heavy atom. The number of methoxy groups -OCH3 is 2. The van der Waals surface area contributed by atoms with Gasteiger partial charge in [-0.25, -0.2) is 4.79 Å². The van der Waals surface area contributed by atoms with Crippen molar-refractivity contribution >= 4 is 6.03 Å². The Morgan fingerprint density at radius 2 is 1.50 bits per heavy atom. The molecular formula is C32H34N2O6. The summed E-state index contributed by atoms with van der Waals surface area (Å²) in [6.07, 6.45) is -0.195. The standard InChI is InChI=1S/C32H34N2O6/c1-21-19-34(31(36)33-22(21)2)30-18-28(35)29(40-30)20-39-32(23-8-6-5-7-9-23,24-10-14-26(37-3)15-11-24)25-12-16-27(38-4)17-13-25/h5-17,19,28-30,35H,2,18,20H2,1,3-4H3,(H,33,36)/t28-,29+,30+/m0/s1. The topological polar surface area (TPSA) is 89.5 Å². The van der Waals surface area contributed by atoms with Crippen molar-refractivity contribution in [2.45, 2.75) is 37.4 Å². The summed E-state index contributed by atoms with van der Waals surface area (Å²) in [5.41, 5.74) is 2.98. The summed E-state index contributed by atoms with van der Waals surface area (Å²) in [6.45, 7) is 5.77. The highest BCUT2D eigenvalue weighted by atomic mass is 16.6. The summed E-state index contributed by atoms with van der Waals surface area (Å²) in [6, 6.07) is 25.1. The first-order valence-electron chi connectivity index (χ1n) is 13.1. The Kier molecular flexibility index (Phi) is 7.93. The van der Waals surface area contributed by atoms with Crippen molar-refractivity contribution in [3.8, 4) is 11.5 Å². The molecule has 40 heavy (non-hydrogen) atoms. The van der Waals surface area contributed by atoms with Gasteiger partial charge in [0, 0.05) is 18.3 Å². The molecule has 0 saturated carbocycles. The number of carbonyl (C=O) groups is 1. The van der Waals surface area contributed by atoms with Crippen LogP contribution in [0.15, 0.2) is 103 Å². The number of benzene rings is 3.